The summed E-state index contributed by atoms with van der Waals surface area (Å²) in [5.41, 5.74) is 2.28. The first-order chi connectivity index (χ1) is 10.7. The van der Waals surface area contributed by atoms with Crippen molar-refractivity contribution in [3.63, 3.8) is 0 Å². The highest BCUT2D eigenvalue weighted by Crippen LogP contribution is 2.18. The number of hydrogen-bond donors (Lipinski definition) is 1. The number of rotatable bonds is 5. The molecule has 2 aromatic heterocycles. The number of thiazole rings is 1. The molecule has 5 nitrogen and oxygen atoms in total. The highest BCUT2D eigenvalue weighted by molar-refractivity contribution is 7.09. The minimum absolute atomic E-state index is 0.575. The summed E-state index contributed by atoms with van der Waals surface area (Å²) < 4.78 is 0. The zero-order valence-corrected chi connectivity index (χ0v) is 14.1. The summed E-state index contributed by atoms with van der Waals surface area (Å²) >= 11 is 1.72. The van der Waals surface area contributed by atoms with Crippen LogP contribution in [-0.2, 0) is 13.0 Å². The lowest BCUT2D eigenvalue weighted by molar-refractivity contribution is 0.411. The number of piperidine rings is 1. The average Bonchev–Trinajstić information content (AvgIpc) is 2.99. The molecular formula is C16H23N5S. The molecule has 3 heterocycles. The van der Waals surface area contributed by atoms with E-state index < -0.39 is 0 Å². The molecule has 0 bridgehead atoms. The Labute approximate surface area is 135 Å². The van der Waals surface area contributed by atoms with Crippen LogP contribution in [0.1, 0.15) is 36.2 Å². The molecule has 1 aliphatic heterocycles. The molecule has 0 aromatic carbocycles. The van der Waals surface area contributed by atoms with Crippen molar-refractivity contribution in [3.8, 4) is 0 Å². The predicted octanol–water partition coefficient (Wildman–Crippen LogP) is 2.56. The van der Waals surface area contributed by atoms with Gasteiger partial charge >= 0.3 is 0 Å². The van der Waals surface area contributed by atoms with E-state index in [0.717, 1.165) is 61.1 Å². The van der Waals surface area contributed by atoms with Crippen LogP contribution in [0.15, 0.2) is 17.8 Å². The zero-order valence-electron chi connectivity index (χ0n) is 13.2. The number of anilines is 1. The number of aromatic nitrogens is 3. The van der Waals surface area contributed by atoms with Gasteiger partial charge in [0.15, 0.2) is 0 Å². The van der Waals surface area contributed by atoms with E-state index in [9.17, 15) is 0 Å². The molecular weight excluding hydrogens is 294 g/mol. The van der Waals surface area contributed by atoms with Crippen LogP contribution >= 0.6 is 11.3 Å². The van der Waals surface area contributed by atoms with E-state index in [-0.39, 0.29) is 0 Å². The first-order valence-electron chi connectivity index (χ1n) is 7.95. The van der Waals surface area contributed by atoms with Crippen LogP contribution in [0, 0.1) is 6.92 Å². The lowest BCUT2D eigenvalue weighted by atomic mass is 10.0. The summed E-state index contributed by atoms with van der Waals surface area (Å²) in [6.45, 7) is 7.16. The van der Waals surface area contributed by atoms with Gasteiger partial charge in [0.25, 0.3) is 0 Å². The van der Waals surface area contributed by atoms with Crippen molar-refractivity contribution >= 4 is 17.2 Å². The lowest BCUT2D eigenvalue weighted by Gasteiger charge is -2.33. The Hall–Kier alpha value is -1.53. The average molecular weight is 317 g/mol. The van der Waals surface area contributed by atoms with Crippen LogP contribution in [0.4, 0.5) is 5.82 Å². The highest BCUT2D eigenvalue weighted by atomic mass is 32.1. The second-order valence-corrected chi connectivity index (χ2v) is 6.78. The quantitative estimate of drug-likeness (QED) is 0.918. The van der Waals surface area contributed by atoms with Gasteiger partial charge in [-0.3, -0.25) is 0 Å². The summed E-state index contributed by atoms with van der Waals surface area (Å²) in [5.74, 6) is 1.07. The summed E-state index contributed by atoms with van der Waals surface area (Å²) in [4.78, 5) is 15.6. The molecule has 0 unspecified atom stereocenters. The Balaban J connectivity index is 1.49. The number of nitrogens with zero attached hydrogens (tertiary/aromatic N) is 4. The van der Waals surface area contributed by atoms with E-state index in [2.05, 4.69) is 50.5 Å². The van der Waals surface area contributed by atoms with Crippen molar-refractivity contribution in [3.05, 3.63) is 34.2 Å². The Morgan fingerprint density at radius 2 is 2.09 bits per heavy atom. The van der Waals surface area contributed by atoms with Crippen LogP contribution < -0.4 is 10.2 Å². The standard InChI is InChI=1S/C16H23N5S/c1-3-13-8-16(19-11-18-13)21-6-4-14(5-7-21)17-9-15-10-22-12(2)20-15/h8,10-11,14,17H,3-7,9H2,1-2H3. The normalized spacial score (nSPS) is 16.2. The highest BCUT2D eigenvalue weighted by Gasteiger charge is 2.20. The van der Waals surface area contributed by atoms with Crippen molar-refractivity contribution in [2.24, 2.45) is 0 Å². The van der Waals surface area contributed by atoms with E-state index in [1.54, 1.807) is 17.7 Å². The smallest absolute Gasteiger partial charge is 0.132 e. The Kier molecular flexibility index (Phi) is 5.00. The maximum atomic E-state index is 4.51. The zero-order chi connectivity index (χ0) is 15.4. The maximum absolute atomic E-state index is 4.51. The van der Waals surface area contributed by atoms with Crippen molar-refractivity contribution in [1.29, 1.82) is 0 Å². The first-order valence-corrected chi connectivity index (χ1v) is 8.83. The second-order valence-electron chi connectivity index (χ2n) is 5.72. The molecule has 22 heavy (non-hydrogen) atoms. The third-order valence-corrected chi connectivity index (χ3v) is 4.95. The molecule has 0 spiro atoms. The molecule has 2 aromatic rings. The van der Waals surface area contributed by atoms with Gasteiger partial charge in [-0.05, 0) is 26.2 Å². The Morgan fingerprint density at radius 3 is 2.77 bits per heavy atom. The van der Waals surface area contributed by atoms with Gasteiger partial charge in [0, 0.05) is 42.8 Å². The second kappa shape index (κ2) is 7.15. The van der Waals surface area contributed by atoms with E-state index in [4.69, 9.17) is 0 Å². The fourth-order valence-electron chi connectivity index (χ4n) is 2.80. The van der Waals surface area contributed by atoms with Gasteiger partial charge in [0.05, 0.1) is 10.7 Å². The van der Waals surface area contributed by atoms with E-state index >= 15 is 0 Å². The van der Waals surface area contributed by atoms with Crippen molar-refractivity contribution < 1.29 is 0 Å². The minimum Gasteiger partial charge on any atom is -0.356 e. The van der Waals surface area contributed by atoms with Crippen molar-refractivity contribution in [1.82, 2.24) is 20.3 Å². The van der Waals surface area contributed by atoms with Gasteiger partial charge in [0.1, 0.15) is 12.1 Å². The molecule has 1 aliphatic rings. The van der Waals surface area contributed by atoms with Crippen LogP contribution in [0.25, 0.3) is 0 Å². The Morgan fingerprint density at radius 1 is 1.27 bits per heavy atom. The Bertz CT molecular complexity index is 604. The molecule has 0 radical (unpaired) electrons. The third-order valence-electron chi connectivity index (χ3n) is 4.13. The van der Waals surface area contributed by atoms with Gasteiger partial charge in [0.2, 0.25) is 0 Å². The summed E-state index contributed by atoms with van der Waals surface area (Å²) in [6, 6.07) is 2.69. The molecule has 6 heteroatoms. The van der Waals surface area contributed by atoms with E-state index in [1.807, 2.05) is 0 Å². The first kappa shape index (κ1) is 15.4. The predicted molar refractivity (Wildman–Crippen MR) is 90.3 cm³/mol. The van der Waals surface area contributed by atoms with Gasteiger partial charge in [-0.2, -0.15) is 0 Å². The third kappa shape index (κ3) is 3.81. The molecule has 0 aliphatic carbocycles. The summed E-state index contributed by atoms with van der Waals surface area (Å²) in [6.07, 6.45) is 4.94. The van der Waals surface area contributed by atoms with Crippen molar-refractivity contribution in [2.45, 2.75) is 45.7 Å². The van der Waals surface area contributed by atoms with Crippen LogP contribution in [0.5, 0.6) is 0 Å². The summed E-state index contributed by atoms with van der Waals surface area (Å²) in [5, 5.41) is 6.91. The molecule has 1 saturated heterocycles. The van der Waals surface area contributed by atoms with Gasteiger partial charge in [-0.1, -0.05) is 6.92 Å². The van der Waals surface area contributed by atoms with Gasteiger partial charge in [-0.25, -0.2) is 15.0 Å². The van der Waals surface area contributed by atoms with Crippen LogP contribution in [0.2, 0.25) is 0 Å². The van der Waals surface area contributed by atoms with Gasteiger partial charge < -0.3 is 10.2 Å². The molecule has 0 atom stereocenters. The fourth-order valence-corrected chi connectivity index (χ4v) is 3.42. The number of hydrogen-bond acceptors (Lipinski definition) is 6. The molecule has 1 fully saturated rings. The molecule has 1 N–H and O–H groups in total. The fraction of sp³-hybridized carbons (Fsp3) is 0.562. The SMILES string of the molecule is CCc1cc(N2CCC(NCc3csc(C)n3)CC2)ncn1. The van der Waals surface area contributed by atoms with Crippen LogP contribution in [0.3, 0.4) is 0 Å². The molecule has 118 valence electrons. The largest absolute Gasteiger partial charge is 0.356 e. The maximum Gasteiger partial charge on any atom is 0.132 e. The van der Waals surface area contributed by atoms with E-state index in [1.165, 1.54) is 0 Å². The van der Waals surface area contributed by atoms with Crippen molar-refractivity contribution in [2.75, 3.05) is 18.0 Å². The monoisotopic (exact) mass is 317 g/mol. The number of aryl methyl sites for hydroxylation is 2. The molecule has 3 rings (SSSR count). The summed E-state index contributed by atoms with van der Waals surface area (Å²) in [7, 11) is 0. The topological polar surface area (TPSA) is 53.9 Å². The van der Waals surface area contributed by atoms with Gasteiger partial charge in [-0.15, -0.1) is 11.3 Å². The molecule has 0 saturated carbocycles. The van der Waals surface area contributed by atoms with Crippen LogP contribution in [-0.4, -0.2) is 34.1 Å². The molecule has 0 amide bonds. The lowest BCUT2D eigenvalue weighted by Crippen LogP contribution is -2.42. The number of nitrogens with one attached hydrogen (secondary N) is 1. The minimum atomic E-state index is 0.575. The van der Waals surface area contributed by atoms with E-state index in [0.29, 0.717) is 6.04 Å².